The zero-order valence-corrected chi connectivity index (χ0v) is 5.40. The van der Waals surface area contributed by atoms with E-state index in [4.69, 9.17) is 5.11 Å². The summed E-state index contributed by atoms with van der Waals surface area (Å²) in [6.45, 7) is 0. The molecule has 1 N–H and O–H groups in total. The summed E-state index contributed by atoms with van der Waals surface area (Å²) in [6, 6.07) is 1.15. The molecule has 4 nitrogen and oxygen atoms in total. The van der Waals surface area contributed by atoms with E-state index < -0.39 is 5.95 Å². The number of aromatic hydroxyl groups is 1. The molecule has 0 unspecified atom stereocenters. The standard InChI is InChI=1S/C6H4FN3O/c7-4-1-2-10-5(11)3-8-6(10)9-4/h1-3,11H. The molecule has 0 bridgehead atoms. The van der Waals surface area contributed by atoms with E-state index >= 15 is 0 Å². The molecular formula is C6H4FN3O. The van der Waals surface area contributed by atoms with E-state index in [2.05, 4.69) is 9.97 Å². The summed E-state index contributed by atoms with van der Waals surface area (Å²) in [5, 5.41) is 9.04. The normalized spacial score (nSPS) is 10.6. The second kappa shape index (κ2) is 1.91. The summed E-state index contributed by atoms with van der Waals surface area (Å²) in [7, 11) is 0. The number of hydrogen-bond acceptors (Lipinski definition) is 3. The van der Waals surface area contributed by atoms with Gasteiger partial charge in [0, 0.05) is 12.3 Å². The van der Waals surface area contributed by atoms with Gasteiger partial charge in [0.15, 0.2) is 0 Å². The van der Waals surface area contributed by atoms with Crippen LogP contribution < -0.4 is 0 Å². The van der Waals surface area contributed by atoms with Crippen LogP contribution in [-0.2, 0) is 0 Å². The predicted molar refractivity (Wildman–Crippen MR) is 34.6 cm³/mol. The molecule has 2 aromatic heterocycles. The van der Waals surface area contributed by atoms with Crippen LogP contribution in [-0.4, -0.2) is 19.5 Å². The Morgan fingerprint density at radius 1 is 1.55 bits per heavy atom. The van der Waals surface area contributed by atoms with Gasteiger partial charge < -0.3 is 5.11 Å². The monoisotopic (exact) mass is 153 g/mol. The van der Waals surface area contributed by atoms with Crippen molar-refractivity contribution < 1.29 is 9.50 Å². The second-order valence-electron chi connectivity index (χ2n) is 2.04. The quantitative estimate of drug-likeness (QED) is 0.563. The van der Waals surface area contributed by atoms with Crippen LogP contribution in [0, 0.1) is 5.95 Å². The molecule has 0 aliphatic carbocycles. The van der Waals surface area contributed by atoms with Crippen LogP contribution in [0.5, 0.6) is 5.88 Å². The molecule has 11 heavy (non-hydrogen) atoms. The van der Waals surface area contributed by atoms with Gasteiger partial charge in [-0.2, -0.15) is 9.37 Å². The maximum Gasteiger partial charge on any atom is 0.239 e. The fourth-order valence-corrected chi connectivity index (χ4v) is 0.837. The Morgan fingerprint density at radius 3 is 3.18 bits per heavy atom. The van der Waals surface area contributed by atoms with E-state index in [-0.39, 0.29) is 11.7 Å². The summed E-state index contributed by atoms with van der Waals surface area (Å²) in [4.78, 5) is 7.06. The largest absolute Gasteiger partial charge is 0.493 e. The van der Waals surface area contributed by atoms with E-state index in [1.165, 1.54) is 16.8 Å². The Balaban J connectivity index is 2.86. The molecule has 56 valence electrons. The Labute approximate surface area is 60.9 Å². The van der Waals surface area contributed by atoms with Crippen LogP contribution in [0.3, 0.4) is 0 Å². The molecule has 5 heteroatoms. The van der Waals surface area contributed by atoms with Crippen LogP contribution in [0.15, 0.2) is 18.5 Å². The zero-order chi connectivity index (χ0) is 7.84. The molecule has 0 atom stereocenters. The summed E-state index contributed by atoms with van der Waals surface area (Å²) < 4.78 is 13.7. The molecule has 0 saturated carbocycles. The van der Waals surface area contributed by atoms with Gasteiger partial charge in [0.2, 0.25) is 17.6 Å². The molecule has 0 fully saturated rings. The first-order chi connectivity index (χ1) is 5.27. The van der Waals surface area contributed by atoms with Crippen molar-refractivity contribution in [1.29, 1.82) is 0 Å². The molecule has 0 aliphatic heterocycles. The molecular weight excluding hydrogens is 149 g/mol. The van der Waals surface area contributed by atoms with Gasteiger partial charge >= 0.3 is 0 Å². The Kier molecular flexibility index (Phi) is 1.06. The minimum absolute atomic E-state index is 0.0486. The van der Waals surface area contributed by atoms with Crippen LogP contribution in [0.2, 0.25) is 0 Å². The van der Waals surface area contributed by atoms with E-state index in [0.717, 1.165) is 6.07 Å². The Morgan fingerprint density at radius 2 is 2.36 bits per heavy atom. The highest BCUT2D eigenvalue weighted by molar-refractivity contribution is 5.32. The average molecular weight is 153 g/mol. The van der Waals surface area contributed by atoms with Gasteiger partial charge in [-0.15, -0.1) is 0 Å². The molecule has 0 saturated heterocycles. The van der Waals surface area contributed by atoms with Gasteiger partial charge in [-0.25, -0.2) is 4.98 Å². The lowest BCUT2D eigenvalue weighted by molar-refractivity contribution is 0.447. The van der Waals surface area contributed by atoms with Gasteiger partial charge in [-0.3, -0.25) is 4.40 Å². The van der Waals surface area contributed by atoms with E-state index in [0.29, 0.717) is 0 Å². The topological polar surface area (TPSA) is 50.4 Å². The molecule has 2 aromatic rings. The highest BCUT2D eigenvalue weighted by atomic mass is 19.1. The maximum absolute atomic E-state index is 12.4. The Bertz CT molecular complexity index is 398. The van der Waals surface area contributed by atoms with Crippen LogP contribution in [0.25, 0.3) is 5.78 Å². The molecule has 0 aliphatic rings. The van der Waals surface area contributed by atoms with Gasteiger partial charge in [-0.1, -0.05) is 0 Å². The molecule has 0 amide bonds. The lowest BCUT2D eigenvalue weighted by Crippen LogP contribution is -1.89. The van der Waals surface area contributed by atoms with Crippen molar-refractivity contribution in [2.24, 2.45) is 0 Å². The molecule has 0 spiro atoms. The number of halogens is 1. The van der Waals surface area contributed by atoms with Crippen molar-refractivity contribution in [3.63, 3.8) is 0 Å². The van der Waals surface area contributed by atoms with E-state index in [1.54, 1.807) is 0 Å². The van der Waals surface area contributed by atoms with Crippen molar-refractivity contribution in [2.75, 3.05) is 0 Å². The third-order valence-corrected chi connectivity index (χ3v) is 1.33. The first-order valence-electron chi connectivity index (χ1n) is 2.96. The minimum atomic E-state index is -0.608. The highest BCUT2D eigenvalue weighted by Gasteiger charge is 2.01. The number of nitrogens with zero attached hydrogens (tertiary/aromatic N) is 3. The predicted octanol–water partition coefficient (Wildman–Crippen LogP) is 0.574. The van der Waals surface area contributed by atoms with Crippen molar-refractivity contribution in [3.05, 3.63) is 24.4 Å². The smallest absolute Gasteiger partial charge is 0.239 e. The third kappa shape index (κ3) is 0.813. The Hall–Kier alpha value is -1.65. The second-order valence-corrected chi connectivity index (χ2v) is 2.04. The fourth-order valence-electron chi connectivity index (χ4n) is 0.837. The summed E-state index contributed by atoms with van der Waals surface area (Å²) in [5.74, 6) is -0.502. The maximum atomic E-state index is 12.4. The van der Waals surface area contributed by atoms with Gasteiger partial charge in [0.25, 0.3) is 0 Å². The van der Waals surface area contributed by atoms with Crippen molar-refractivity contribution in [3.8, 4) is 5.88 Å². The number of fused-ring (bicyclic) bond motifs is 1. The molecule has 0 aromatic carbocycles. The van der Waals surface area contributed by atoms with Gasteiger partial charge in [-0.05, 0) is 0 Å². The molecule has 0 radical (unpaired) electrons. The SMILES string of the molecule is Oc1cnc2nc(F)ccn12. The fraction of sp³-hybridized carbons (Fsp3) is 0. The molecule has 2 rings (SSSR count). The van der Waals surface area contributed by atoms with Crippen molar-refractivity contribution in [2.45, 2.75) is 0 Å². The number of rotatable bonds is 0. The van der Waals surface area contributed by atoms with Crippen LogP contribution in [0.1, 0.15) is 0 Å². The van der Waals surface area contributed by atoms with E-state index in [9.17, 15) is 4.39 Å². The number of hydrogen-bond donors (Lipinski definition) is 1. The lowest BCUT2D eigenvalue weighted by Gasteiger charge is -1.91. The summed E-state index contributed by atoms with van der Waals surface area (Å²) >= 11 is 0. The number of imidazole rings is 1. The summed E-state index contributed by atoms with van der Waals surface area (Å²) in [6.07, 6.45) is 2.57. The lowest BCUT2D eigenvalue weighted by atomic mass is 10.6. The van der Waals surface area contributed by atoms with Gasteiger partial charge in [0.1, 0.15) is 0 Å². The van der Waals surface area contributed by atoms with E-state index in [1.807, 2.05) is 0 Å². The van der Waals surface area contributed by atoms with Crippen LogP contribution >= 0.6 is 0 Å². The highest BCUT2D eigenvalue weighted by Crippen LogP contribution is 2.09. The zero-order valence-electron chi connectivity index (χ0n) is 5.40. The van der Waals surface area contributed by atoms with Crippen molar-refractivity contribution in [1.82, 2.24) is 14.4 Å². The molecule has 2 heterocycles. The first kappa shape index (κ1) is 6.09. The van der Waals surface area contributed by atoms with Crippen LogP contribution in [0.4, 0.5) is 4.39 Å². The number of aromatic nitrogens is 3. The average Bonchev–Trinajstić information content (AvgIpc) is 2.32. The summed E-state index contributed by atoms with van der Waals surface area (Å²) in [5.41, 5.74) is 0. The first-order valence-corrected chi connectivity index (χ1v) is 2.96. The van der Waals surface area contributed by atoms with Crippen molar-refractivity contribution >= 4 is 5.78 Å². The van der Waals surface area contributed by atoms with Gasteiger partial charge in [0.05, 0.1) is 6.20 Å². The third-order valence-electron chi connectivity index (χ3n) is 1.33. The minimum Gasteiger partial charge on any atom is -0.493 e.